The fourth-order valence-electron chi connectivity index (χ4n) is 6.80. The Bertz CT molecular complexity index is 1050. The van der Waals surface area contributed by atoms with Gasteiger partial charge in [0.05, 0.1) is 6.61 Å². The highest BCUT2D eigenvalue weighted by Gasteiger charge is 2.33. The summed E-state index contributed by atoms with van der Waals surface area (Å²) in [5.74, 6) is 0.758. The molecule has 0 amide bonds. The van der Waals surface area contributed by atoms with E-state index in [1.807, 2.05) is 0 Å². The van der Waals surface area contributed by atoms with Crippen molar-refractivity contribution in [3.8, 4) is 11.1 Å². The van der Waals surface area contributed by atoms with Crippen molar-refractivity contribution < 1.29 is 19.4 Å². The molecule has 0 heterocycles. The van der Waals surface area contributed by atoms with Crippen molar-refractivity contribution in [3.63, 3.8) is 0 Å². The zero-order valence-corrected chi connectivity index (χ0v) is 23.4. The largest absolute Gasteiger partial charge is 0.460 e. The number of hydrogen-bond acceptors (Lipinski definition) is 4. The van der Waals surface area contributed by atoms with Crippen molar-refractivity contribution in [1.29, 1.82) is 0 Å². The molecule has 2 aromatic carbocycles. The van der Waals surface area contributed by atoms with E-state index in [9.17, 15) is 14.7 Å². The van der Waals surface area contributed by atoms with Crippen LogP contribution >= 0.6 is 0 Å². The van der Waals surface area contributed by atoms with Crippen LogP contribution in [0, 0.1) is 23.7 Å². The number of unbranched alkanes of at least 4 members (excludes halogenated alkanes) is 2. The summed E-state index contributed by atoms with van der Waals surface area (Å²) in [5.41, 5.74) is 7.15. The third-order valence-corrected chi connectivity index (χ3v) is 9.19. The zero-order valence-electron chi connectivity index (χ0n) is 23.4. The van der Waals surface area contributed by atoms with E-state index in [0.717, 1.165) is 31.1 Å². The summed E-state index contributed by atoms with van der Waals surface area (Å²) in [6.07, 6.45) is 13.9. The molecule has 2 aliphatic rings. The molecule has 0 bridgehead atoms. The Morgan fingerprint density at radius 1 is 0.921 bits per heavy atom. The average Bonchev–Trinajstić information content (AvgIpc) is 2.95. The van der Waals surface area contributed by atoms with E-state index in [1.54, 1.807) is 0 Å². The Morgan fingerprint density at radius 2 is 1.66 bits per heavy atom. The quantitative estimate of drug-likeness (QED) is 0.184. The first-order valence-corrected chi connectivity index (χ1v) is 15.0. The van der Waals surface area contributed by atoms with Gasteiger partial charge in [0.25, 0.3) is 0 Å². The number of benzene rings is 2. The number of rotatable bonds is 12. The van der Waals surface area contributed by atoms with E-state index in [-0.39, 0.29) is 19.1 Å². The van der Waals surface area contributed by atoms with Gasteiger partial charge < -0.3 is 9.84 Å². The predicted octanol–water partition coefficient (Wildman–Crippen LogP) is 7.13. The number of aryl methyl sites for hydroxylation is 2. The van der Waals surface area contributed by atoms with Crippen molar-refractivity contribution in [1.82, 2.24) is 0 Å². The molecule has 2 aliphatic carbocycles. The number of ether oxygens (including phenoxy) is 1. The van der Waals surface area contributed by atoms with Crippen molar-refractivity contribution >= 4 is 11.8 Å². The van der Waals surface area contributed by atoms with Gasteiger partial charge in [0.2, 0.25) is 5.78 Å². The molecule has 4 nitrogen and oxygen atoms in total. The van der Waals surface area contributed by atoms with Gasteiger partial charge in [-0.05, 0) is 116 Å². The van der Waals surface area contributed by atoms with Crippen LogP contribution in [0.5, 0.6) is 0 Å². The lowest BCUT2D eigenvalue weighted by atomic mass is 9.67. The molecule has 4 heteroatoms. The van der Waals surface area contributed by atoms with Gasteiger partial charge in [-0.15, -0.1) is 0 Å². The first kappa shape index (κ1) is 28.5. The molecule has 2 aromatic rings. The highest BCUT2D eigenvalue weighted by molar-refractivity contribution is 6.32. The number of hydrogen-bond donors (Lipinski definition) is 1. The summed E-state index contributed by atoms with van der Waals surface area (Å²) in [6, 6.07) is 16.3. The summed E-state index contributed by atoms with van der Waals surface area (Å²) < 4.78 is 5.22. The molecule has 1 N–H and O–H groups in total. The predicted molar refractivity (Wildman–Crippen MR) is 153 cm³/mol. The number of aliphatic hydroxyl groups is 1. The van der Waals surface area contributed by atoms with E-state index < -0.39 is 11.8 Å². The summed E-state index contributed by atoms with van der Waals surface area (Å²) >= 11 is 0. The fraction of sp³-hybridized carbons (Fsp3) is 0.588. The molecule has 1 saturated carbocycles. The van der Waals surface area contributed by atoms with E-state index in [4.69, 9.17) is 4.74 Å². The molecule has 0 aromatic heterocycles. The van der Waals surface area contributed by atoms with Crippen molar-refractivity contribution in [2.75, 3.05) is 13.2 Å². The molecule has 0 radical (unpaired) electrons. The minimum absolute atomic E-state index is 0.0900. The van der Waals surface area contributed by atoms with Crippen LogP contribution in [0.25, 0.3) is 11.1 Å². The van der Waals surface area contributed by atoms with Gasteiger partial charge in [0.15, 0.2) is 0 Å². The first-order valence-electron chi connectivity index (χ1n) is 15.0. The van der Waals surface area contributed by atoms with Crippen molar-refractivity contribution in [2.45, 2.75) is 90.9 Å². The van der Waals surface area contributed by atoms with Crippen LogP contribution in [0.1, 0.15) is 88.3 Å². The van der Waals surface area contributed by atoms with Gasteiger partial charge in [-0.2, -0.15) is 0 Å². The smallest absolute Gasteiger partial charge is 0.374 e. The van der Waals surface area contributed by atoms with Crippen LogP contribution in [0.15, 0.2) is 42.5 Å². The summed E-state index contributed by atoms with van der Waals surface area (Å²) in [7, 11) is 0. The zero-order chi connectivity index (χ0) is 26.9. The molecule has 0 saturated heterocycles. The molecule has 2 unspecified atom stereocenters. The van der Waals surface area contributed by atoms with Crippen LogP contribution in [0.2, 0.25) is 0 Å². The number of carbonyl (C=O) groups is 2. The summed E-state index contributed by atoms with van der Waals surface area (Å²) in [6.45, 7) is 3.83. The second kappa shape index (κ2) is 14.1. The topological polar surface area (TPSA) is 63.6 Å². The number of esters is 1. The van der Waals surface area contributed by atoms with Crippen LogP contribution in [-0.2, 0) is 33.6 Å². The summed E-state index contributed by atoms with van der Waals surface area (Å²) in [4.78, 5) is 22.8. The minimum Gasteiger partial charge on any atom is -0.460 e. The highest BCUT2D eigenvalue weighted by atomic mass is 16.5. The monoisotopic (exact) mass is 518 g/mol. The Hall–Kier alpha value is -2.46. The maximum absolute atomic E-state index is 11.6. The molecule has 1 fully saturated rings. The highest BCUT2D eigenvalue weighted by Crippen LogP contribution is 2.42. The van der Waals surface area contributed by atoms with Gasteiger partial charge in [0, 0.05) is 13.5 Å². The number of ketones is 1. The van der Waals surface area contributed by atoms with Crippen LogP contribution < -0.4 is 0 Å². The average molecular weight is 519 g/mol. The lowest BCUT2D eigenvalue weighted by Crippen LogP contribution is -2.31. The molecule has 2 atom stereocenters. The van der Waals surface area contributed by atoms with Crippen molar-refractivity contribution in [2.24, 2.45) is 23.7 Å². The maximum Gasteiger partial charge on any atom is 0.374 e. The van der Waals surface area contributed by atoms with Gasteiger partial charge in [-0.25, -0.2) is 4.79 Å². The Balaban J connectivity index is 1.30. The number of Topliss-reactive ketones (excluding diaryl/α,β-unsaturated/α-hetero) is 1. The Labute approximate surface area is 229 Å². The minimum atomic E-state index is -0.759. The molecule has 38 heavy (non-hydrogen) atoms. The third-order valence-electron chi connectivity index (χ3n) is 9.19. The number of carbonyl (C=O) groups excluding carboxylic acids is 2. The SMILES string of the molecule is CCCCCc1ccc(-c2ccc3c(c2)CCC(C2CCC(C(CCO)COC(=O)C(C)=O)CC2)C3)cc1. The van der Waals surface area contributed by atoms with Gasteiger partial charge >= 0.3 is 5.97 Å². The second-order valence-electron chi connectivity index (χ2n) is 11.7. The van der Waals surface area contributed by atoms with E-state index in [2.05, 4.69) is 49.4 Å². The number of fused-ring (bicyclic) bond motifs is 1. The van der Waals surface area contributed by atoms with Crippen molar-refractivity contribution in [3.05, 3.63) is 59.2 Å². The standard InChI is InChI=1S/C34H46O4/c1-3-4-5-6-25-7-9-26(10-8-25)29-15-17-32-22-30(16-18-31(32)21-29)27-11-13-28(14-12-27)33(19-20-35)23-38-34(37)24(2)36/h7-10,15,17,21,27-28,30,33,35H,3-6,11-14,16,18-20,22-23H2,1-2H3. The van der Waals surface area contributed by atoms with Crippen LogP contribution in [-0.4, -0.2) is 30.1 Å². The van der Waals surface area contributed by atoms with Gasteiger partial charge in [0.1, 0.15) is 0 Å². The molecular formula is C34H46O4. The second-order valence-corrected chi connectivity index (χ2v) is 11.7. The lowest BCUT2D eigenvalue weighted by Gasteiger charge is -2.38. The molecular weight excluding hydrogens is 472 g/mol. The maximum atomic E-state index is 11.6. The Kier molecular flexibility index (Phi) is 10.6. The molecule has 4 rings (SSSR count). The number of aliphatic hydroxyl groups excluding tert-OH is 1. The molecule has 0 aliphatic heterocycles. The van der Waals surface area contributed by atoms with Gasteiger partial charge in [-0.1, -0.05) is 62.2 Å². The third kappa shape index (κ3) is 7.56. The van der Waals surface area contributed by atoms with E-state index in [1.165, 1.54) is 86.1 Å². The fourth-order valence-corrected chi connectivity index (χ4v) is 6.80. The van der Waals surface area contributed by atoms with Crippen LogP contribution in [0.3, 0.4) is 0 Å². The first-order chi connectivity index (χ1) is 18.5. The normalized spacial score (nSPS) is 21.9. The van der Waals surface area contributed by atoms with E-state index >= 15 is 0 Å². The Morgan fingerprint density at radius 3 is 2.34 bits per heavy atom. The van der Waals surface area contributed by atoms with Gasteiger partial charge in [-0.3, -0.25) is 4.79 Å². The van der Waals surface area contributed by atoms with Crippen LogP contribution in [0.4, 0.5) is 0 Å². The summed E-state index contributed by atoms with van der Waals surface area (Å²) in [5, 5.41) is 9.53. The molecule has 206 valence electrons. The lowest BCUT2D eigenvalue weighted by molar-refractivity contribution is -0.154. The van der Waals surface area contributed by atoms with E-state index in [0.29, 0.717) is 12.3 Å². The molecule has 0 spiro atoms.